The van der Waals surface area contributed by atoms with Crippen LogP contribution < -0.4 is 10.8 Å². The first-order valence-corrected chi connectivity index (χ1v) is 19.6. The van der Waals surface area contributed by atoms with Crippen LogP contribution in [-0.4, -0.2) is 75.5 Å². The van der Waals surface area contributed by atoms with Crippen LogP contribution in [0.3, 0.4) is 0 Å². The van der Waals surface area contributed by atoms with Gasteiger partial charge in [-0.25, -0.2) is 16.8 Å². The average Bonchev–Trinajstić information content (AvgIpc) is 3.02. The van der Waals surface area contributed by atoms with Crippen LogP contribution in [0.5, 0.6) is 0 Å². The van der Waals surface area contributed by atoms with Gasteiger partial charge in [-0.15, -0.1) is 17.3 Å². The number of piperidine rings is 2. The lowest BCUT2D eigenvalue weighted by atomic mass is 9.94. The highest BCUT2D eigenvalue weighted by atomic mass is 35.5. The Hall–Kier alpha value is -2.92. The number of halogens is 1. The number of sulfonamides is 2. The van der Waals surface area contributed by atoms with Crippen molar-refractivity contribution < 1.29 is 31.6 Å². The lowest BCUT2D eigenvalue weighted by Gasteiger charge is -2.34. The molecule has 2 aliphatic heterocycles. The molecular formula is C34H48ClN5O8S2. The van der Waals surface area contributed by atoms with Crippen molar-refractivity contribution in [3.05, 3.63) is 41.3 Å². The Morgan fingerprint density at radius 3 is 1.60 bits per heavy atom. The number of hydrogen-bond donors (Lipinski definition) is 3. The molecule has 2 fully saturated rings. The molecule has 0 bridgehead atoms. The summed E-state index contributed by atoms with van der Waals surface area (Å²) in [5, 5.41) is 16.9. The van der Waals surface area contributed by atoms with Crippen LogP contribution in [0.4, 0.5) is 11.4 Å². The van der Waals surface area contributed by atoms with Crippen LogP contribution in [0.25, 0.3) is 21.5 Å². The normalized spacial score (nSPS) is 23.1. The van der Waals surface area contributed by atoms with Gasteiger partial charge in [0.1, 0.15) is 18.5 Å². The molecule has 5 atom stereocenters. The Morgan fingerprint density at radius 2 is 1.24 bits per heavy atom. The van der Waals surface area contributed by atoms with Gasteiger partial charge >= 0.3 is 5.97 Å². The van der Waals surface area contributed by atoms with Crippen LogP contribution in [0.2, 0.25) is 0 Å². The molecule has 0 aromatic heterocycles. The SMILES string of the molecule is CC(C)[C@H](NCONc1c2cc(S(=O)(=O)N3C[C@H](C)C[C@H](C)C3)ccc2c(N=O)c2ccc(S(=O)(=O)N3C[C@H](C)C[C@H](C)C3)cc12)C(=O)O.Cl. The van der Waals surface area contributed by atoms with Crippen LogP contribution in [-0.2, 0) is 29.7 Å². The monoisotopic (exact) mass is 753 g/mol. The van der Waals surface area contributed by atoms with E-state index in [0.29, 0.717) is 37.0 Å². The molecule has 2 aliphatic rings. The Balaban J connectivity index is 0.00000562. The fourth-order valence-electron chi connectivity index (χ4n) is 7.44. The summed E-state index contributed by atoms with van der Waals surface area (Å²) in [5.74, 6) is -0.584. The van der Waals surface area contributed by atoms with Crippen LogP contribution >= 0.6 is 12.4 Å². The fraction of sp³-hybridized carbons (Fsp3) is 0.559. The second-order valence-corrected chi connectivity index (χ2v) is 18.3. The maximum atomic E-state index is 14.0. The van der Waals surface area contributed by atoms with E-state index >= 15 is 0 Å². The molecule has 13 nitrogen and oxygen atoms in total. The van der Waals surface area contributed by atoms with Gasteiger partial charge < -0.3 is 5.11 Å². The summed E-state index contributed by atoms with van der Waals surface area (Å²) in [6.07, 6.45) is 1.84. The third-order valence-electron chi connectivity index (χ3n) is 9.55. The van der Waals surface area contributed by atoms with Crippen LogP contribution in [0.1, 0.15) is 54.4 Å². The summed E-state index contributed by atoms with van der Waals surface area (Å²) in [6.45, 7) is 12.8. The number of hydrogen-bond acceptors (Lipinski definition) is 10. The van der Waals surface area contributed by atoms with E-state index in [1.807, 2.05) is 27.7 Å². The molecule has 276 valence electrons. The largest absolute Gasteiger partial charge is 0.480 e. The average molecular weight is 754 g/mol. The Labute approximate surface area is 300 Å². The minimum absolute atomic E-state index is 0. The zero-order valence-corrected chi connectivity index (χ0v) is 31.7. The van der Waals surface area contributed by atoms with Crippen molar-refractivity contribution in [1.82, 2.24) is 13.9 Å². The van der Waals surface area contributed by atoms with Crippen LogP contribution in [0.15, 0.2) is 51.4 Å². The van der Waals surface area contributed by atoms with Gasteiger partial charge in [-0.1, -0.05) is 53.7 Å². The van der Waals surface area contributed by atoms with E-state index in [2.05, 4.69) is 16.0 Å². The molecule has 3 aromatic carbocycles. The molecule has 0 unspecified atom stereocenters. The van der Waals surface area contributed by atoms with Crippen LogP contribution in [0, 0.1) is 34.5 Å². The Morgan fingerprint density at radius 1 is 0.820 bits per heavy atom. The summed E-state index contributed by atoms with van der Waals surface area (Å²) in [7, 11) is -7.89. The third kappa shape index (κ3) is 8.09. The van der Waals surface area contributed by atoms with E-state index in [4.69, 9.17) is 4.84 Å². The van der Waals surface area contributed by atoms with Crippen molar-refractivity contribution in [2.24, 2.45) is 34.8 Å². The molecule has 2 saturated heterocycles. The number of carbonyl (C=O) groups is 1. The van der Waals surface area contributed by atoms with Gasteiger partial charge in [-0.2, -0.15) is 8.61 Å². The van der Waals surface area contributed by atoms with E-state index in [9.17, 15) is 31.6 Å². The number of nitroso groups, excluding NO2 is 1. The number of nitrogens with zero attached hydrogens (tertiary/aromatic N) is 3. The van der Waals surface area contributed by atoms with Gasteiger partial charge in [-0.3, -0.25) is 20.4 Å². The minimum Gasteiger partial charge on any atom is -0.480 e. The number of benzene rings is 3. The molecular weight excluding hydrogens is 706 g/mol. The molecule has 0 radical (unpaired) electrons. The Bertz CT molecular complexity index is 1820. The quantitative estimate of drug-likeness (QED) is 0.0640. The van der Waals surface area contributed by atoms with Crippen molar-refractivity contribution in [3.8, 4) is 0 Å². The molecule has 16 heteroatoms. The van der Waals surface area contributed by atoms with Gasteiger partial charge in [0, 0.05) is 47.7 Å². The molecule has 0 spiro atoms. The first-order valence-electron chi connectivity index (χ1n) is 16.8. The van der Waals surface area contributed by atoms with E-state index in [1.54, 1.807) is 13.8 Å². The molecule has 0 saturated carbocycles. The lowest BCUT2D eigenvalue weighted by Crippen LogP contribution is -2.42. The summed E-state index contributed by atoms with van der Waals surface area (Å²) in [5.41, 5.74) is 3.08. The topological polar surface area (TPSA) is 175 Å². The molecule has 2 heterocycles. The number of aliphatic carboxylic acids is 1. The second kappa shape index (κ2) is 15.8. The van der Waals surface area contributed by atoms with E-state index in [1.165, 1.54) is 45.0 Å². The highest BCUT2D eigenvalue weighted by molar-refractivity contribution is 7.89. The molecule has 0 aliphatic carbocycles. The lowest BCUT2D eigenvalue weighted by molar-refractivity contribution is -0.141. The van der Waals surface area contributed by atoms with Gasteiger partial charge in [-0.05, 0) is 71.9 Å². The van der Waals surface area contributed by atoms with E-state index in [0.717, 1.165) is 12.8 Å². The number of anilines is 1. The Kier molecular flexibility index (Phi) is 12.6. The molecule has 5 rings (SSSR count). The minimum atomic E-state index is -3.95. The van der Waals surface area contributed by atoms with E-state index < -0.39 is 32.1 Å². The second-order valence-electron chi connectivity index (χ2n) is 14.4. The van der Waals surface area contributed by atoms with Crippen molar-refractivity contribution in [2.45, 2.75) is 70.2 Å². The van der Waals surface area contributed by atoms with E-state index in [-0.39, 0.29) is 80.7 Å². The molecule has 0 amide bonds. The molecule has 3 N–H and O–H groups in total. The van der Waals surface area contributed by atoms with Crippen molar-refractivity contribution in [2.75, 3.05) is 38.4 Å². The van der Waals surface area contributed by atoms with Gasteiger partial charge in [0.25, 0.3) is 0 Å². The number of carboxylic acids is 1. The highest BCUT2D eigenvalue weighted by Gasteiger charge is 2.34. The van der Waals surface area contributed by atoms with Crippen molar-refractivity contribution in [3.63, 3.8) is 0 Å². The first-order chi connectivity index (χ1) is 23.0. The maximum Gasteiger partial charge on any atom is 0.321 e. The van der Waals surface area contributed by atoms with Crippen molar-refractivity contribution >= 4 is 71.3 Å². The third-order valence-corrected chi connectivity index (χ3v) is 13.2. The maximum absolute atomic E-state index is 14.0. The number of rotatable bonds is 12. The van der Waals surface area contributed by atoms with Gasteiger partial charge in [0.2, 0.25) is 20.0 Å². The highest BCUT2D eigenvalue weighted by Crippen LogP contribution is 2.44. The van der Waals surface area contributed by atoms with Crippen molar-refractivity contribution in [1.29, 1.82) is 0 Å². The standard InChI is InChI=1S/C34H47N5O8S2.ClH/c1-20(2)31(34(40)41)35-19-47-37-33-29-13-25(48(43,44)38-15-21(3)11-22(4)16-38)7-9-27(29)32(36-42)28-10-8-26(14-30(28)33)49(45,46)39-17-23(5)12-24(6)18-39;/h7-10,13-14,20-24,31,35,37H,11-12,15-19H2,1-6H3,(H,40,41);1H/t21-,22+,23-,24+,31-;/m0./s1. The summed E-state index contributed by atoms with van der Waals surface area (Å²) < 4.78 is 58.8. The van der Waals surface area contributed by atoms with Gasteiger partial charge in [0.05, 0.1) is 15.5 Å². The molecule has 3 aromatic rings. The zero-order chi connectivity index (χ0) is 35.8. The summed E-state index contributed by atoms with van der Waals surface area (Å²) in [4.78, 5) is 29.9. The number of fused-ring (bicyclic) bond motifs is 2. The summed E-state index contributed by atoms with van der Waals surface area (Å²) in [6, 6.07) is 7.95. The molecule has 50 heavy (non-hydrogen) atoms. The zero-order valence-electron chi connectivity index (χ0n) is 29.2. The van der Waals surface area contributed by atoms with Gasteiger partial charge in [0.15, 0.2) is 0 Å². The predicted molar refractivity (Wildman–Crippen MR) is 197 cm³/mol. The first kappa shape index (κ1) is 39.9. The smallest absolute Gasteiger partial charge is 0.321 e. The number of carboxylic acid groups (broad SMARTS) is 1. The summed E-state index contributed by atoms with van der Waals surface area (Å²) >= 11 is 0. The number of nitrogens with one attached hydrogen (secondary N) is 2. The predicted octanol–water partition coefficient (Wildman–Crippen LogP) is 6.15. The fourth-order valence-corrected chi connectivity index (χ4v) is 10.9.